The van der Waals surface area contributed by atoms with Gasteiger partial charge in [0, 0.05) is 13.1 Å². The summed E-state index contributed by atoms with van der Waals surface area (Å²) in [6, 6.07) is 7.39. The molecule has 1 aromatic rings. The number of benzene rings is 1. The minimum Gasteiger partial charge on any atom is -0.478 e. The number of carboxylic acids is 1. The number of nitrogens with zero attached hydrogens (tertiary/aromatic N) is 1. The Labute approximate surface area is 138 Å². The van der Waals surface area contributed by atoms with Crippen molar-refractivity contribution in [2.24, 2.45) is 23.2 Å². The predicted molar refractivity (Wildman–Crippen MR) is 90.3 cm³/mol. The molecule has 0 spiro atoms. The van der Waals surface area contributed by atoms with E-state index in [1.54, 1.807) is 6.07 Å². The Balaban J connectivity index is 1.43. The zero-order valence-electron chi connectivity index (χ0n) is 14.0. The van der Waals surface area contributed by atoms with Crippen LogP contribution in [0, 0.1) is 23.2 Å². The number of hydrogen-bond acceptors (Lipinski definition) is 2. The largest absolute Gasteiger partial charge is 0.478 e. The molecule has 4 aliphatic rings. The molecule has 124 valence electrons. The van der Waals surface area contributed by atoms with E-state index in [1.165, 1.54) is 45.1 Å². The molecule has 5 rings (SSSR count). The summed E-state index contributed by atoms with van der Waals surface area (Å²) in [6.45, 7) is 2.02. The molecule has 23 heavy (non-hydrogen) atoms. The molecule has 3 heteroatoms. The van der Waals surface area contributed by atoms with Crippen LogP contribution in [0.5, 0.6) is 0 Å². The molecule has 0 amide bonds. The standard InChI is InChI=1S/C20H27NO2/c1-21(12-14-3-2-4-18(8-14)19(22)23)13-20-9-15-5-16(10-20)7-17(6-15)11-20/h2-4,8,15-17H,5-7,9-13H2,1H3,(H,22,23). The highest BCUT2D eigenvalue weighted by Crippen LogP contribution is 2.60. The van der Waals surface area contributed by atoms with Crippen LogP contribution < -0.4 is 0 Å². The Bertz CT molecular complexity index is 574. The first-order chi connectivity index (χ1) is 11.0. The van der Waals surface area contributed by atoms with Crippen LogP contribution in [0.4, 0.5) is 0 Å². The van der Waals surface area contributed by atoms with Gasteiger partial charge in [0.25, 0.3) is 0 Å². The summed E-state index contributed by atoms with van der Waals surface area (Å²) in [5.41, 5.74) is 2.05. The van der Waals surface area contributed by atoms with Crippen molar-refractivity contribution in [3.05, 3.63) is 35.4 Å². The maximum atomic E-state index is 11.1. The topological polar surface area (TPSA) is 40.5 Å². The Hall–Kier alpha value is -1.35. The second-order valence-electron chi connectivity index (χ2n) is 8.60. The molecule has 0 unspecified atom stereocenters. The third kappa shape index (κ3) is 3.03. The van der Waals surface area contributed by atoms with Crippen LogP contribution in [0.15, 0.2) is 24.3 Å². The highest BCUT2D eigenvalue weighted by atomic mass is 16.4. The molecular weight excluding hydrogens is 286 g/mol. The van der Waals surface area contributed by atoms with Gasteiger partial charge in [-0.2, -0.15) is 0 Å². The van der Waals surface area contributed by atoms with E-state index < -0.39 is 5.97 Å². The van der Waals surface area contributed by atoms with Gasteiger partial charge in [-0.1, -0.05) is 12.1 Å². The van der Waals surface area contributed by atoms with Crippen LogP contribution in [0.2, 0.25) is 0 Å². The fraction of sp³-hybridized carbons (Fsp3) is 0.650. The minimum absolute atomic E-state index is 0.394. The van der Waals surface area contributed by atoms with Crippen molar-refractivity contribution in [3.63, 3.8) is 0 Å². The third-order valence-electron chi connectivity index (χ3n) is 6.40. The summed E-state index contributed by atoms with van der Waals surface area (Å²) in [4.78, 5) is 13.5. The van der Waals surface area contributed by atoms with Gasteiger partial charge in [-0.15, -0.1) is 0 Å². The quantitative estimate of drug-likeness (QED) is 0.892. The lowest BCUT2D eigenvalue weighted by Crippen LogP contribution is -2.50. The van der Waals surface area contributed by atoms with Crippen LogP contribution in [0.25, 0.3) is 0 Å². The minimum atomic E-state index is -0.837. The molecule has 4 fully saturated rings. The molecule has 4 aliphatic carbocycles. The van der Waals surface area contributed by atoms with Crippen molar-refractivity contribution in [1.82, 2.24) is 4.90 Å². The summed E-state index contributed by atoms with van der Waals surface area (Å²) in [6.07, 6.45) is 8.76. The number of carbonyl (C=O) groups is 1. The van der Waals surface area contributed by atoms with E-state index in [2.05, 4.69) is 11.9 Å². The van der Waals surface area contributed by atoms with Crippen LogP contribution in [-0.4, -0.2) is 29.6 Å². The zero-order chi connectivity index (χ0) is 16.0. The molecule has 4 bridgehead atoms. The fourth-order valence-electron chi connectivity index (χ4n) is 6.23. The van der Waals surface area contributed by atoms with Crippen LogP contribution in [0.3, 0.4) is 0 Å². The van der Waals surface area contributed by atoms with E-state index >= 15 is 0 Å². The predicted octanol–water partition coefficient (Wildman–Crippen LogP) is 4.03. The zero-order valence-corrected chi connectivity index (χ0v) is 14.0. The van der Waals surface area contributed by atoms with Gasteiger partial charge in [0.1, 0.15) is 0 Å². The maximum Gasteiger partial charge on any atom is 0.335 e. The van der Waals surface area contributed by atoms with Crippen molar-refractivity contribution in [2.75, 3.05) is 13.6 Å². The average molecular weight is 313 g/mol. The molecule has 0 heterocycles. The van der Waals surface area contributed by atoms with E-state index in [1.807, 2.05) is 18.2 Å². The summed E-state index contributed by atoms with van der Waals surface area (Å²) >= 11 is 0. The van der Waals surface area contributed by atoms with E-state index in [-0.39, 0.29) is 0 Å². The molecule has 1 N–H and O–H groups in total. The number of aromatic carboxylic acids is 1. The molecule has 1 aromatic carbocycles. The van der Waals surface area contributed by atoms with Gasteiger partial charge in [0.05, 0.1) is 5.56 Å². The molecule has 4 saturated carbocycles. The normalized spacial score (nSPS) is 35.0. The molecule has 0 radical (unpaired) electrons. The van der Waals surface area contributed by atoms with E-state index in [0.717, 1.165) is 29.9 Å². The lowest BCUT2D eigenvalue weighted by Gasteiger charge is -2.57. The Morgan fingerprint density at radius 2 is 1.78 bits per heavy atom. The van der Waals surface area contributed by atoms with Gasteiger partial charge in [-0.3, -0.25) is 0 Å². The lowest BCUT2D eigenvalue weighted by atomic mass is 9.49. The van der Waals surface area contributed by atoms with Crippen molar-refractivity contribution < 1.29 is 9.90 Å². The van der Waals surface area contributed by atoms with Crippen molar-refractivity contribution in [1.29, 1.82) is 0 Å². The first-order valence-corrected chi connectivity index (χ1v) is 9.02. The van der Waals surface area contributed by atoms with Gasteiger partial charge in [0.15, 0.2) is 0 Å². The second kappa shape index (κ2) is 5.62. The first-order valence-electron chi connectivity index (χ1n) is 9.02. The summed E-state index contributed by atoms with van der Waals surface area (Å²) in [7, 11) is 2.20. The molecule has 3 nitrogen and oxygen atoms in total. The SMILES string of the molecule is CN(Cc1cccc(C(=O)O)c1)CC12CC3CC(CC(C3)C1)C2. The Morgan fingerprint density at radius 3 is 2.35 bits per heavy atom. The summed E-state index contributed by atoms with van der Waals surface area (Å²) < 4.78 is 0. The number of carboxylic acid groups (broad SMARTS) is 1. The molecular formula is C20H27NO2. The van der Waals surface area contributed by atoms with Crippen molar-refractivity contribution in [2.45, 2.75) is 45.1 Å². The Kier molecular flexibility index (Phi) is 3.72. The first kappa shape index (κ1) is 15.2. The summed E-state index contributed by atoms with van der Waals surface area (Å²) in [5, 5.41) is 9.14. The maximum absolute atomic E-state index is 11.1. The van der Waals surface area contributed by atoms with Crippen LogP contribution in [0.1, 0.15) is 54.4 Å². The van der Waals surface area contributed by atoms with Gasteiger partial charge in [-0.25, -0.2) is 4.79 Å². The number of rotatable bonds is 5. The van der Waals surface area contributed by atoms with E-state index in [9.17, 15) is 4.79 Å². The van der Waals surface area contributed by atoms with Crippen molar-refractivity contribution in [3.8, 4) is 0 Å². The number of hydrogen-bond donors (Lipinski definition) is 1. The molecule has 0 atom stereocenters. The highest BCUT2D eigenvalue weighted by molar-refractivity contribution is 5.87. The second-order valence-corrected chi connectivity index (χ2v) is 8.60. The van der Waals surface area contributed by atoms with E-state index in [4.69, 9.17) is 5.11 Å². The van der Waals surface area contributed by atoms with Gasteiger partial charge in [0.2, 0.25) is 0 Å². The van der Waals surface area contributed by atoms with Gasteiger partial charge < -0.3 is 10.0 Å². The van der Waals surface area contributed by atoms with Crippen LogP contribution in [-0.2, 0) is 6.54 Å². The van der Waals surface area contributed by atoms with Gasteiger partial charge >= 0.3 is 5.97 Å². The lowest BCUT2D eigenvalue weighted by molar-refractivity contribution is -0.0670. The molecule has 0 aromatic heterocycles. The smallest absolute Gasteiger partial charge is 0.335 e. The average Bonchev–Trinajstić information content (AvgIpc) is 2.45. The summed E-state index contributed by atoms with van der Waals surface area (Å²) in [5.74, 6) is 2.13. The molecule has 0 aliphatic heterocycles. The van der Waals surface area contributed by atoms with Crippen molar-refractivity contribution >= 4 is 5.97 Å². The van der Waals surface area contributed by atoms with Crippen LogP contribution >= 0.6 is 0 Å². The van der Waals surface area contributed by atoms with E-state index in [0.29, 0.717) is 11.0 Å². The monoisotopic (exact) mass is 313 g/mol. The third-order valence-corrected chi connectivity index (χ3v) is 6.40. The fourth-order valence-corrected chi connectivity index (χ4v) is 6.23. The molecule has 0 saturated heterocycles. The highest BCUT2D eigenvalue weighted by Gasteiger charge is 2.50. The Morgan fingerprint density at radius 1 is 1.17 bits per heavy atom. The van der Waals surface area contributed by atoms with Gasteiger partial charge in [-0.05, 0) is 86.4 Å².